The maximum atomic E-state index is 12.7. The highest BCUT2D eigenvalue weighted by molar-refractivity contribution is 7.92. The van der Waals surface area contributed by atoms with E-state index < -0.39 is 14.6 Å². The molecule has 9 heteroatoms. The zero-order chi connectivity index (χ0) is 17.1. The third-order valence-electron chi connectivity index (χ3n) is 5.51. The molecule has 2 unspecified atom stereocenters. The first kappa shape index (κ1) is 24.9. The summed E-state index contributed by atoms with van der Waals surface area (Å²) < 4.78 is 23.2. The van der Waals surface area contributed by atoms with Gasteiger partial charge in [0.25, 0.3) is 0 Å². The molecule has 2 N–H and O–H groups in total. The first-order chi connectivity index (χ1) is 10.8. The molecule has 6 nitrogen and oxygen atoms in total. The molecule has 25 heavy (non-hydrogen) atoms. The second-order valence-corrected chi connectivity index (χ2v) is 9.48. The molecule has 2 fully saturated rings. The molecule has 2 aliphatic heterocycles. The number of piperidine rings is 2. The zero-order valence-electron chi connectivity index (χ0n) is 15.4. The quantitative estimate of drug-likeness (QED) is 0.705. The molecular weight excluding hydrogens is 385 g/mol. The molecule has 2 aliphatic rings. The smallest absolute Gasteiger partial charge is 0.241 e. The van der Waals surface area contributed by atoms with Crippen molar-refractivity contribution in [2.45, 2.75) is 62.8 Å². The maximum Gasteiger partial charge on any atom is 0.241 e. The normalized spacial score (nSPS) is 25.2. The summed E-state index contributed by atoms with van der Waals surface area (Å²) in [6.07, 6.45) is 5.55. The number of sulfone groups is 1. The topological polar surface area (TPSA) is 78.5 Å². The van der Waals surface area contributed by atoms with Gasteiger partial charge < -0.3 is 10.6 Å². The number of halogens is 2. The van der Waals surface area contributed by atoms with Crippen molar-refractivity contribution in [1.29, 1.82) is 0 Å². The maximum absolute atomic E-state index is 12.7. The Hall–Kier alpha value is -0.0800. The van der Waals surface area contributed by atoms with E-state index in [0.717, 1.165) is 6.54 Å². The van der Waals surface area contributed by atoms with Gasteiger partial charge in [-0.2, -0.15) is 0 Å². The lowest BCUT2D eigenvalue weighted by atomic mass is 9.95. The molecule has 0 bridgehead atoms. The van der Waals surface area contributed by atoms with Crippen LogP contribution >= 0.6 is 24.8 Å². The second kappa shape index (κ2) is 10.3. The molecule has 0 saturated carbocycles. The lowest BCUT2D eigenvalue weighted by Gasteiger charge is -2.39. The molecule has 0 spiro atoms. The van der Waals surface area contributed by atoms with Gasteiger partial charge in [0, 0.05) is 24.9 Å². The van der Waals surface area contributed by atoms with E-state index in [0.29, 0.717) is 38.5 Å². The number of carbonyl (C=O) groups is 1. The van der Waals surface area contributed by atoms with E-state index in [-0.39, 0.29) is 36.8 Å². The van der Waals surface area contributed by atoms with Gasteiger partial charge in [0.1, 0.15) is 0 Å². The molecule has 0 aliphatic carbocycles. The van der Waals surface area contributed by atoms with Gasteiger partial charge in [-0.15, -0.1) is 24.8 Å². The van der Waals surface area contributed by atoms with Gasteiger partial charge in [0.05, 0.1) is 0 Å². The largest absolute Gasteiger partial charge is 0.353 e. The van der Waals surface area contributed by atoms with Crippen molar-refractivity contribution in [3.05, 3.63) is 0 Å². The van der Waals surface area contributed by atoms with Crippen molar-refractivity contribution in [3.8, 4) is 0 Å². The average Bonchev–Trinajstić information content (AvgIpc) is 2.52. The summed E-state index contributed by atoms with van der Waals surface area (Å²) in [5.74, 6) is -0.321. The SMILES string of the molecule is CC1CCCCN1C(C)CNC(=O)C1(S(C)(=O)=O)CCNCC1.Cl.Cl. The predicted octanol–water partition coefficient (Wildman–Crippen LogP) is 1.38. The first-order valence-electron chi connectivity index (χ1n) is 8.72. The Kier molecular flexibility index (Phi) is 10.3. The molecule has 2 atom stereocenters. The first-order valence-corrected chi connectivity index (χ1v) is 10.6. The molecule has 0 aromatic heterocycles. The third-order valence-corrected chi connectivity index (χ3v) is 7.53. The Morgan fingerprint density at radius 3 is 2.40 bits per heavy atom. The summed E-state index contributed by atoms with van der Waals surface area (Å²) in [5, 5.41) is 6.07. The molecule has 2 rings (SSSR count). The Morgan fingerprint density at radius 2 is 1.88 bits per heavy atom. The van der Waals surface area contributed by atoms with Crippen LogP contribution in [-0.4, -0.2) is 68.5 Å². The number of carbonyl (C=O) groups excluding carboxylic acids is 1. The lowest BCUT2D eigenvalue weighted by Crippen LogP contribution is -2.59. The van der Waals surface area contributed by atoms with Crippen molar-refractivity contribution in [2.75, 3.05) is 32.4 Å². The molecular formula is C16H33Cl2N3O3S. The highest BCUT2D eigenvalue weighted by Gasteiger charge is 2.48. The van der Waals surface area contributed by atoms with Crippen molar-refractivity contribution in [2.24, 2.45) is 0 Å². The van der Waals surface area contributed by atoms with E-state index in [1.54, 1.807) is 0 Å². The van der Waals surface area contributed by atoms with Crippen molar-refractivity contribution in [3.63, 3.8) is 0 Å². The van der Waals surface area contributed by atoms with Gasteiger partial charge in [-0.25, -0.2) is 8.42 Å². The van der Waals surface area contributed by atoms with Crippen LogP contribution in [0, 0.1) is 0 Å². The third kappa shape index (κ3) is 5.70. The van der Waals surface area contributed by atoms with E-state index in [2.05, 4.69) is 29.4 Å². The summed E-state index contributed by atoms with van der Waals surface area (Å²) >= 11 is 0. The number of amides is 1. The number of nitrogens with one attached hydrogen (secondary N) is 2. The Morgan fingerprint density at radius 1 is 1.28 bits per heavy atom. The summed E-state index contributed by atoms with van der Waals surface area (Å²) in [7, 11) is -3.44. The number of hydrogen-bond donors (Lipinski definition) is 2. The molecule has 0 aromatic rings. The monoisotopic (exact) mass is 417 g/mol. The van der Waals surface area contributed by atoms with E-state index in [9.17, 15) is 13.2 Å². The molecule has 1 amide bonds. The van der Waals surface area contributed by atoms with Crippen LogP contribution in [0.2, 0.25) is 0 Å². The summed E-state index contributed by atoms with van der Waals surface area (Å²) in [5.41, 5.74) is 0. The van der Waals surface area contributed by atoms with Gasteiger partial charge in [-0.05, 0) is 59.2 Å². The molecule has 150 valence electrons. The molecule has 2 saturated heterocycles. The summed E-state index contributed by atoms with van der Waals surface area (Å²) in [6, 6.07) is 0.756. The van der Waals surface area contributed by atoms with Gasteiger partial charge in [0.2, 0.25) is 5.91 Å². The molecule has 2 heterocycles. The van der Waals surface area contributed by atoms with Gasteiger partial charge in [-0.1, -0.05) is 6.42 Å². The average molecular weight is 418 g/mol. The van der Waals surface area contributed by atoms with Crippen LogP contribution in [0.5, 0.6) is 0 Å². The van der Waals surface area contributed by atoms with Gasteiger partial charge in [-0.3, -0.25) is 9.69 Å². The van der Waals surface area contributed by atoms with Crippen LogP contribution in [0.4, 0.5) is 0 Å². The Bertz CT molecular complexity index is 525. The minimum absolute atomic E-state index is 0. The summed E-state index contributed by atoms with van der Waals surface area (Å²) in [6.45, 7) is 7.03. The standard InChI is InChI=1S/C16H31N3O3S.2ClH/c1-13-6-4-5-11-19(13)14(2)12-18-15(20)16(23(3,21)22)7-9-17-10-8-16;;/h13-14,17H,4-12H2,1-3H3,(H,18,20);2*1H. The van der Waals surface area contributed by atoms with Crippen molar-refractivity contribution < 1.29 is 13.2 Å². The highest BCUT2D eigenvalue weighted by Crippen LogP contribution is 2.28. The summed E-state index contributed by atoms with van der Waals surface area (Å²) in [4.78, 5) is 15.1. The fourth-order valence-corrected chi connectivity index (χ4v) is 5.25. The van der Waals surface area contributed by atoms with Crippen LogP contribution in [0.15, 0.2) is 0 Å². The second-order valence-electron chi connectivity index (χ2n) is 7.16. The number of rotatable bonds is 5. The van der Waals surface area contributed by atoms with E-state index in [1.165, 1.54) is 25.5 Å². The number of nitrogens with zero attached hydrogens (tertiary/aromatic N) is 1. The highest BCUT2D eigenvalue weighted by atomic mass is 35.5. The van der Waals surface area contributed by atoms with Crippen LogP contribution in [0.3, 0.4) is 0 Å². The van der Waals surface area contributed by atoms with E-state index in [1.807, 2.05) is 0 Å². The van der Waals surface area contributed by atoms with E-state index in [4.69, 9.17) is 0 Å². The predicted molar refractivity (Wildman–Crippen MR) is 107 cm³/mol. The van der Waals surface area contributed by atoms with Crippen molar-refractivity contribution >= 4 is 40.6 Å². The van der Waals surface area contributed by atoms with E-state index >= 15 is 0 Å². The van der Waals surface area contributed by atoms with Crippen LogP contribution in [-0.2, 0) is 14.6 Å². The van der Waals surface area contributed by atoms with Gasteiger partial charge in [0.15, 0.2) is 14.6 Å². The van der Waals surface area contributed by atoms with Crippen LogP contribution in [0.1, 0.15) is 46.0 Å². The lowest BCUT2D eigenvalue weighted by molar-refractivity contribution is -0.124. The fraction of sp³-hybridized carbons (Fsp3) is 0.938. The van der Waals surface area contributed by atoms with Crippen LogP contribution < -0.4 is 10.6 Å². The van der Waals surface area contributed by atoms with Crippen molar-refractivity contribution in [1.82, 2.24) is 15.5 Å². The Balaban J connectivity index is 0.00000288. The minimum atomic E-state index is -3.44. The Labute approximate surface area is 164 Å². The minimum Gasteiger partial charge on any atom is -0.353 e. The number of likely N-dealkylation sites (tertiary alicyclic amines) is 1. The zero-order valence-corrected chi connectivity index (χ0v) is 17.9. The number of hydrogen-bond acceptors (Lipinski definition) is 5. The molecule has 0 radical (unpaired) electrons. The molecule has 0 aromatic carbocycles. The fourth-order valence-electron chi connectivity index (χ4n) is 3.89. The van der Waals surface area contributed by atoms with Crippen LogP contribution in [0.25, 0.3) is 0 Å². The van der Waals surface area contributed by atoms with Gasteiger partial charge >= 0.3 is 0 Å².